The Hall–Kier alpha value is -0.890. The molecule has 2 nitrogen and oxygen atoms in total. The molecule has 1 aromatic heterocycles. The molecular weight excluding hydrogens is 150 g/mol. The van der Waals surface area contributed by atoms with Gasteiger partial charge in [0.05, 0.1) is 5.60 Å². The number of hydrogen-bond acceptors (Lipinski definition) is 2. The van der Waals surface area contributed by atoms with Crippen LogP contribution in [0.3, 0.4) is 0 Å². The van der Waals surface area contributed by atoms with Gasteiger partial charge >= 0.3 is 0 Å². The van der Waals surface area contributed by atoms with Gasteiger partial charge in [-0.2, -0.15) is 0 Å². The van der Waals surface area contributed by atoms with Gasteiger partial charge in [0, 0.05) is 18.3 Å². The molecule has 0 spiro atoms. The van der Waals surface area contributed by atoms with Gasteiger partial charge in [-0.3, -0.25) is 4.98 Å². The van der Waals surface area contributed by atoms with Gasteiger partial charge in [0.25, 0.3) is 0 Å². The van der Waals surface area contributed by atoms with Gasteiger partial charge in [0.15, 0.2) is 0 Å². The van der Waals surface area contributed by atoms with Crippen LogP contribution < -0.4 is 0 Å². The molecule has 0 aromatic carbocycles. The van der Waals surface area contributed by atoms with E-state index in [2.05, 4.69) is 4.98 Å². The first-order chi connectivity index (χ1) is 5.47. The van der Waals surface area contributed by atoms with Gasteiger partial charge in [-0.05, 0) is 38.5 Å². The van der Waals surface area contributed by atoms with E-state index in [0.29, 0.717) is 6.42 Å². The lowest BCUT2D eigenvalue weighted by molar-refractivity contribution is 0.0810. The lowest BCUT2D eigenvalue weighted by Gasteiger charge is -2.16. The van der Waals surface area contributed by atoms with Crippen LogP contribution in [0.5, 0.6) is 0 Å². The van der Waals surface area contributed by atoms with E-state index >= 15 is 0 Å². The van der Waals surface area contributed by atoms with Crippen molar-refractivity contribution in [2.24, 2.45) is 0 Å². The van der Waals surface area contributed by atoms with Crippen molar-refractivity contribution in [3.05, 3.63) is 29.6 Å². The summed E-state index contributed by atoms with van der Waals surface area (Å²) in [7, 11) is 0. The van der Waals surface area contributed by atoms with Crippen LogP contribution in [0.25, 0.3) is 0 Å². The van der Waals surface area contributed by atoms with Crippen LogP contribution in [0.1, 0.15) is 25.1 Å². The van der Waals surface area contributed by atoms with Crippen molar-refractivity contribution < 1.29 is 5.11 Å². The van der Waals surface area contributed by atoms with Crippen LogP contribution >= 0.6 is 0 Å². The van der Waals surface area contributed by atoms with Crippen molar-refractivity contribution in [3.63, 3.8) is 0 Å². The van der Waals surface area contributed by atoms with Gasteiger partial charge in [0.1, 0.15) is 0 Å². The number of pyridine rings is 1. The minimum atomic E-state index is -0.631. The van der Waals surface area contributed by atoms with E-state index in [1.54, 1.807) is 6.20 Å². The molecule has 0 radical (unpaired) electrons. The number of aryl methyl sites for hydroxylation is 1. The second-order valence-electron chi connectivity index (χ2n) is 3.79. The molecule has 66 valence electrons. The second-order valence-corrected chi connectivity index (χ2v) is 3.79. The summed E-state index contributed by atoms with van der Waals surface area (Å²) in [5.41, 5.74) is 1.50. The summed E-state index contributed by atoms with van der Waals surface area (Å²) in [4.78, 5) is 4.09. The first kappa shape index (κ1) is 9.20. The van der Waals surface area contributed by atoms with E-state index in [9.17, 15) is 5.11 Å². The maximum Gasteiger partial charge on any atom is 0.0631 e. The molecule has 1 rings (SSSR count). The highest BCUT2D eigenvalue weighted by molar-refractivity contribution is 5.16. The Labute approximate surface area is 73.3 Å². The molecular formula is C10H15NO. The number of aromatic nitrogens is 1. The third-order valence-corrected chi connectivity index (χ3v) is 1.60. The first-order valence-corrected chi connectivity index (χ1v) is 4.11. The average Bonchev–Trinajstić information content (AvgIpc) is 1.82. The molecule has 1 N–H and O–H groups in total. The van der Waals surface area contributed by atoms with Gasteiger partial charge < -0.3 is 5.11 Å². The van der Waals surface area contributed by atoms with Gasteiger partial charge in [0.2, 0.25) is 0 Å². The third-order valence-electron chi connectivity index (χ3n) is 1.60. The number of hydrogen-bond donors (Lipinski definition) is 1. The molecule has 0 bridgehead atoms. The van der Waals surface area contributed by atoms with E-state index in [1.165, 1.54) is 0 Å². The van der Waals surface area contributed by atoms with E-state index in [-0.39, 0.29) is 0 Å². The zero-order valence-electron chi connectivity index (χ0n) is 7.83. The van der Waals surface area contributed by atoms with Gasteiger partial charge in [-0.1, -0.05) is 0 Å². The molecule has 12 heavy (non-hydrogen) atoms. The summed E-state index contributed by atoms with van der Waals surface area (Å²) >= 11 is 0. The summed E-state index contributed by atoms with van der Waals surface area (Å²) in [5, 5.41) is 9.54. The Bertz CT molecular complexity index is 263. The number of aliphatic hydroxyl groups is 1. The zero-order valence-corrected chi connectivity index (χ0v) is 7.83. The van der Waals surface area contributed by atoms with E-state index in [1.807, 2.05) is 32.9 Å². The molecule has 0 saturated carbocycles. The summed E-state index contributed by atoms with van der Waals surface area (Å²) in [6.07, 6.45) is 2.45. The Morgan fingerprint density at radius 2 is 2.17 bits per heavy atom. The van der Waals surface area contributed by atoms with Crippen LogP contribution in [0.2, 0.25) is 0 Å². The molecule has 2 heteroatoms. The molecule has 0 amide bonds. The van der Waals surface area contributed by atoms with Gasteiger partial charge in [-0.15, -0.1) is 0 Å². The Kier molecular flexibility index (Phi) is 2.48. The second kappa shape index (κ2) is 3.23. The Balaban J connectivity index is 2.77. The highest BCUT2D eigenvalue weighted by Crippen LogP contribution is 2.11. The molecule has 0 unspecified atom stereocenters. The lowest BCUT2D eigenvalue weighted by atomic mass is 9.99. The monoisotopic (exact) mass is 165 g/mol. The third kappa shape index (κ3) is 3.01. The van der Waals surface area contributed by atoms with Crippen molar-refractivity contribution in [3.8, 4) is 0 Å². The number of nitrogens with zero attached hydrogens (tertiary/aromatic N) is 1. The summed E-state index contributed by atoms with van der Waals surface area (Å²) in [6.45, 7) is 5.57. The fourth-order valence-electron chi connectivity index (χ4n) is 1.21. The summed E-state index contributed by atoms with van der Waals surface area (Å²) in [5.74, 6) is 0. The fraction of sp³-hybridized carbons (Fsp3) is 0.500. The van der Waals surface area contributed by atoms with Crippen LogP contribution in [-0.4, -0.2) is 15.7 Å². The molecule has 1 aromatic rings. The van der Waals surface area contributed by atoms with Crippen molar-refractivity contribution >= 4 is 0 Å². The lowest BCUT2D eigenvalue weighted by Crippen LogP contribution is -2.21. The molecule has 0 aliphatic heterocycles. The predicted octanol–water partition coefficient (Wildman–Crippen LogP) is 1.70. The molecule has 1 heterocycles. The fourth-order valence-corrected chi connectivity index (χ4v) is 1.21. The Morgan fingerprint density at radius 3 is 2.67 bits per heavy atom. The SMILES string of the molecule is Cc1cc(CC(C)(C)O)ccn1. The minimum absolute atomic E-state index is 0.631. The molecule has 0 aliphatic carbocycles. The molecule has 0 atom stereocenters. The first-order valence-electron chi connectivity index (χ1n) is 4.11. The predicted molar refractivity (Wildman–Crippen MR) is 49.0 cm³/mol. The topological polar surface area (TPSA) is 33.1 Å². The Morgan fingerprint density at radius 1 is 1.50 bits per heavy atom. The van der Waals surface area contributed by atoms with Crippen molar-refractivity contribution in [2.45, 2.75) is 32.8 Å². The standard InChI is InChI=1S/C10H15NO/c1-8-6-9(4-5-11-8)7-10(2,3)12/h4-6,12H,7H2,1-3H3. The normalized spacial score (nSPS) is 11.7. The van der Waals surface area contributed by atoms with Crippen LogP contribution in [0.15, 0.2) is 18.3 Å². The van der Waals surface area contributed by atoms with Crippen molar-refractivity contribution in [1.29, 1.82) is 0 Å². The maximum atomic E-state index is 9.54. The van der Waals surface area contributed by atoms with E-state index in [4.69, 9.17) is 0 Å². The molecule has 0 saturated heterocycles. The smallest absolute Gasteiger partial charge is 0.0631 e. The van der Waals surface area contributed by atoms with Crippen LogP contribution in [-0.2, 0) is 6.42 Å². The number of rotatable bonds is 2. The zero-order chi connectivity index (χ0) is 9.19. The highest BCUT2D eigenvalue weighted by Gasteiger charge is 2.12. The van der Waals surface area contributed by atoms with E-state index < -0.39 is 5.60 Å². The average molecular weight is 165 g/mol. The van der Waals surface area contributed by atoms with Crippen molar-refractivity contribution in [1.82, 2.24) is 4.98 Å². The summed E-state index contributed by atoms with van der Waals surface area (Å²) < 4.78 is 0. The van der Waals surface area contributed by atoms with Crippen molar-refractivity contribution in [2.75, 3.05) is 0 Å². The van der Waals surface area contributed by atoms with Crippen LogP contribution in [0.4, 0.5) is 0 Å². The quantitative estimate of drug-likeness (QED) is 0.723. The van der Waals surface area contributed by atoms with E-state index in [0.717, 1.165) is 11.3 Å². The molecule has 0 fully saturated rings. The minimum Gasteiger partial charge on any atom is -0.390 e. The van der Waals surface area contributed by atoms with Gasteiger partial charge in [-0.25, -0.2) is 0 Å². The molecule has 0 aliphatic rings. The largest absolute Gasteiger partial charge is 0.390 e. The highest BCUT2D eigenvalue weighted by atomic mass is 16.3. The van der Waals surface area contributed by atoms with Crippen LogP contribution in [0, 0.1) is 6.92 Å². The summed E-state index contributed by atoms with van der Waals surface area (Å²) in [6, 6.07) is 3.93. The maximum absolute atomic E-state index is 9.54.